The number of rotatable bonds is 9. The Bertz CT molecular complexity index is 935. The number of halogens is 1. The molecule has 0 saturated heterocycles. The predicted octanol–water partition coefficient (Wildman–Crippen LogP) is 2.89. The van der Waals surface area contributed by atoms with Crippen LogP contribution in [0.25, 0.3) is 0 Å². The maximum atomic E-state index is 13.4. The number of pyridine rings is 1. The Morgan fingerprint density at radius 2 is 2.10 bits per heavy atom. The first kappa shape index (κ1) is 22.6. The maximum absolute atomic E-state index is 13.4. The molecule has 0 aliphatic carbocycles. The highest BCUT2D eigenvalue weighted by Crippen LogP contribution is 2.23. The van der Waals surface area contributed by atoms with Gasteiger partial charge in [0.2, 0.25) is 5.88 Å². The number of nitrogens with zero attached hydrogens (tertiary/aromatic N) is 2. The van der Waals surface area contributed by atoms with E-state index in [0.29, 0.717) is 30.6 Å². The molecule has 2 rings (SSSR count). The van der Waals surface area contributed by atoms with Gasteiger partial charge in [-0.1, -0.05) is 12.1 Å². The Morgan fingerprint density at radius 1 is 1.31 bits per heavy atom. The average Bonchev–Trinajstić information content (AvgIpc) is 2.65. The summed E-state index contributed by atoms with van der Waals surface area (Å²) < 4.78 is 41.8. The molecular formula is C20H27FN4O3S. The number of sulfone groups is 1. The van der Waals surface area contributed by atoms with Gasteiger partial charge in [0.05, 0.1) is 12.3 Å². The Labute approximate surface area is 171 Å². The molecule has 29 heavy (non-hydrogen) atoms. The van der Waals surface area contributed by atoms with E-state index in [1.165, 1.54) is 18.4 Å². The van der Waals surface area contributed by atoms with Gasteiger partial charge in [-0.2, -0.15) is 0 Å². The lowest BCUT2D eigenvalue weighted by molar-refractivity contribution is 0.452. The molecule has 7 nitrogen and oxygen atoms in total. The van der Waals surface area contributed by atoms with Crippen LogP contribution < -0.4 is 15.4 Å². The van der Waals surface area contributed by atoms with E-state index in [9.17, 15) is 12.8 Å². The number of aromatic nitrogens is 1. The maximum Gasteiger partial charge on any atom is 0.224 e. The van der Waals surface area contributed by atoms with Crippen LogP contribution in [0.4, 0.5) is 4.39 Å². The number of hydrogen-bond acceptors (Lipinski definition) is 5. The van der Waals surface area contributed by atoms with Crippen molar-refractivity contribution in [2.45, 2.75) is 32.9 Å². The third-order valence-electron chi connectivity index (χ3n) is 3.92. The lowest BCUT2D eigenvalue weighted by Gasteiger charge is -2.17. The van der Waals surface area contributed by atoms with E-state index in [0.717, 1.165) is 5.56 Å². The highest BCUT2D eigenvalue weighted by molar-refractivity contribution is 7.90. The molecule has 0 amide bonds. The largest absolute Gasteiger partial charge is 0.439 e. The Kier molecular flexibility index (Phi) is 8.38. The second-order valence-corrected chi connectivity index (χ2v) is 8.95. The van der Waals surface area contributed by atoms with Crippen molar-refractivity contribution in [1.82, 2.24) is 15.6 Å². The number of nitrogens with one attached hydrogen (secondary N) is 2. The number of aliphatic imine (C=N–C) groups is 1. The standard InChI is InChI=1S/C20H27FN4O3S/c1-4-22-20(25-15(2)10-12-29(3,26)27)24-14-16-7-6-11-23-19(16)28-18-9-5-8-17(21)13-18/h5-9,11,13,15H,4,10,12,14H2,1-3H3,(H2,22,24,25). The number of ether oxygens (including phenoxy) is 1. The first-order chi connectivity index (χ1) is 13.8. The van der Waals surface area contributed by atoms with Crippen molar-refractivity contribution in [2.24, 2.45) is 4.99 Å². The third-order valence-corrected chi connectivity index (χ3v) is 4.89. The van der Waals surface area contributed by atoms with Crippen LogP contribution >= 0.6 is 0 Å². The van der Waals surface area contributed by atoms with Crippen LogP contribution in [0, 0.1) is 5.82 Å². The van der Waals surface area contributed by atoms with Crippen molar-refractivity contribution < 1.29 is 17.5 Å². The molecule has 1 aromatic heterocycles. The first-order valence-electron chi connectivity index (χ1n) is 9.36. The lowest BCUT2D eigenvalue weighted by Crippen LogP contribution is -2.42. The fraction of sp³-hybridized carbons (Fsp3) is 0.400. The predicted molar refractivity (Wildman–Crippen MR) is 112 cm³/mol. The fourth-order valence-corrected chi connectivity index (χ4v) is 3.24. The zero-order valence-corrected chi connectivity index (χ0v) is 17.7. The Balaban J connectivity index is 2.08. The molecule has 158 valence electrons. The molecule has 0 aliphatic rings. The van der Waals surface area contributed by atoms with E-state index in [1.807, 2.05) is 19.9 Å². The van der Waals surface area contributed by atoms with Crippen molar-refractivity contribution in [3.05, 3.63) is 54.0 Å². The van der Waals surface area contributed by atoms with E-state index in [1.54, 1.807) is 24.4 Å². The van der Waals surface area contributed by atoms with Gasteiger partial charge < -0.3 is 15.4 Å². The van der Waals surface area contributed by atoms with Crippen molar-refractivity contribution in [1.29, 1.82) is 0 Å². The summed E-state index contributed by atoms with van der Waals surface area (Å²) in [7, 11) is -3.01. The molecule has 0 radical (unpaired) electrons. The third kappa shape index (κ3) is 8.47. The first-order valence-corrected chi connectivity index (χ1v) is 11.4. The summed E-state index contributed by atoms with van der Waals surface area (Å²) >= 11 is 0. The van der Waals surface area contributed by atoms with Crippen LogP contribution in [0.2, 0.25) is 0 Å². The van der Waals surface area contributed by atoms with Crippen molar-refractivity contribution in [3.8, 4) is 11.6 Å². The molecule has 1 unspecified atom stereocenters. The molecule has 0 bridgehead atoms. The normalized spacial score (nSPS) is 13.0. The van der Waals surface area contributed by atoms with Gasteiger partial charge in [-0.25, -0.2) is 22.8 Å². The number of guanidine groups is 1. The van der Waals surface area contributed by atoms with Crippen molar-refractivity contribution in [3.63, 3.8) is 0 Å². The summed E-state index contributed by atoms with van der Waals surface area (Å²) in [5, 5.41) is 6.34. The molecule has 0 fully saturated rings. The Morgan fingerprint density at radius 3 is 2.79 bits per heavy atom. The van der Waals surface area contributed by atoms with Crippen LogP contribution in [0.15, 0.2) is 47.6 Å². The molecular weight excluding hydrogens is 395 g/mol. The minimum atomic E-state index is -3.01. The van der Waals surface area contributed by atoms with Gasteiger partial charge in [-0.05, 0) is 38.5 Å². The van der Waals surface area contributed by atoms with Crippen LogP contribution in [-0.2, 0) is 16.4 Å². The molecule has 1 heterocycles. The second-order valence-electron chi connectivity index (χ2n) is 6.69. The monoisotopic (exact) mass is 422 g/mol. The summed E-state index contributed by atoms with van der Waals surface area (Å²) in [6.07, 6.45) is 3.30. The molecule has 1 aromatic carbocycles. The van der Waals surface area contributed by atoms with Gasteiger partial charge in [0.15, 0.2) is 5.96 Å². The van der Waals surface area contributed by atoms with E-state index < -0.39 is 9.84 Å². The highest BCUT2D eigenvalue weighted by atomic mass is 32.2. The lowest BCUT2D eigenvalue weighted by atomic mass is 10.2. The molecule has 9 heteroatoms. The number of benzene rings is 1. The Hall–Kier alpha value is -2.68. The minimum Gasteiger partial charge on any atom is -0.439 e. The molecule has 2 N–H and O–H groups in total. The van der Waals surface area contributed by atoms with Crippen molar-refractivity contribution >= 4 is 15.8 Å². The van der Waals surface area contributed by atoms with Crippen LogP contribution in [0.3, 0.4) is 0 Å². The average molecular weight is 423 g/mol. The molecule has 0 spiro atoms. The van der Waals surface area contributed by atoms with Gasteiger partial charge in [0, 0.05) is 36.7 Å². The molecule has 2 aromatic rings. The van der Waals surface area contributed by atoms with Crippen LogP contribution in [0.1, 0.15) is 25.8 Å². The summed E-state index contributed by atoms with van der Waals surface area (Å²) in [4.78, 5) is 8.76. The van der Waals surface area contributed by atoms with Gasteiger partial charge in [0.1, 0.15) is 21.4 Å². The summed E-state index contributed by atoms with van der Waals surface area (Å²) in [5.74, 6) is 0.986. The second kappa shape index (κ2) is 10.8. The number of hydrogen-bond donors (Lipinski definition) is 2. The van der Waals surface area contributed by atoms with Gasteiger partial charge >= 0.3 is 0 Å². The van der Waals surface area contributed by atoms with Crippen molar-refractivity contribution in [2.75, 3.05) is 18.6 Å². The van der Waals surface area contributed by atoms with E-state index in [2.05, 4.69) is 20.6 Å². The smallest absolute Gasteiger partial charge is 0.224 e. The van der Waals surface area contributed by atoms with Gasteiger partial charge in [-0.15, -0.1) is 0 Å². The fourth-order valence-electron chi connectivity index (χ4n) is 2.46. The molecule has 0 aliphatic heterocycles. The van der Waals surface area contributed by atoms with E-state index >= 15 is 0 Å². The zero-order valence-electron chi connectivity index (χ0n) is 16.9. The zero-order chi connectivity index (χ0) is 21.3. The summed E-state index contributed by atoms with van der Waals surface area (Å²) in [6.45, 7) is 4.79. The topological polar surface area (TPSA) is 92.7 Å². The minimum absolute atomic E-state index is 0.0700. The quantitative estimate of drug-likeness (QED) is 0.477. The van der Waals surface area contributed by atoms with E-state index in [4.69, 9.17) is 4.74 Å². The summed E-state index contributed by atoms with van der Waals surface area (Å²) in [5.41, 5.74) is 0.734. The van der Waals surface area contributed by atoms with Crippen LogP contribution in [-0.4, -0.2) is 44.0 Å². The highest BCUT2D eigenvalue weighted by Gasteiger charge is 2.11. The van der Waals surface area contributed by atoms with E-state index in [-0.39, 0.29) is 24.2 Å². The van der Waals surface area contributed by atoms with Crippen LogP contribution in [0.5, 0.6) is 11.6 Å². The van der Waals surface area contributed by atoms with Gasteiger partial charge in [0.25, 0.3) is 0 Å². The molecule has 0 saturated carbocycles. The van der Waals surface area contributed by atoms with Gasteiger partial charge in [-0.3, -0.25) is 0 Å². The SMILES string of the molecule is CCNC(=NCc1cccnc1Oc1cccc(F)c1)NC(C)CCS(C)(=O)=O. The summed E-state index contributed by atoms with van der Waals surface area (Å²) in [6, 6.07) is 9.39. The molecule has 1 atom stereocenters.